The monoisotopic (exact) mass is 288 g/mol. The van der Waals surface area contributed by atoms with Crippen LogP contribution in [0.4, 0.5) is 0 Å². The fourth-order valence-electron chi connectivity index (χ4n) is 2.16. The average molecular weight is 289 g/mol. The highest BCUT2D eigenvalue weighted by molar-refractivity contribution is 7.09. The molecule has 1 aliphatic heterocycles. The van der Waals surface area contributed by atoms with Crippen molar-refractivity contribution in [2.24, 2.45) is 5.92 Å². The van der Waals surface area contributed by atoms with Crippen molar-refractivity contribution < 1.29 is 4.79 Å². The molecule has 0 radical (unpaired) electrons. The van der Waals surface area contributed by atoms with Gasteiger partial charge in [-0.3, -0.25) is 4.79 Å². The van der Waals surface area contributed by atoms with Crippen molar-refractivity contribution in [1.82, 2.24) is 10.6 Å². The summed E-state index contributed by atoms with van der Waals surface area (Å²) in [7, 11) is 0. The van der Waals surface area contributed by atoms with Crippen LogP contribution < -0.4 is 10.6 Å². The predicted molar refractivity (Wildman–Crippen MR) is 78.5 cm³/mol. The fourth-order valence-corrected chi connectivity index (χ4v) is 2.87. The van der Waals surface area contributed by atoms with Crippen LogP contribution in [-0.2, 0) is 11.2 Å². The molecule has 5 heteroatoms. The van der Waals surface area contributed by atoms with Crippen LogP contribution in [0.2, 0.25) is 0 Å². The van der Waals surface area contributed by atoms with Gasteiger partial charge in [-0.2, -0.15) is 0 Å². The topological polar surface area (TPSA) is 41.1 Å². The molecular weight excluding hydrogens is 268 g/mol. The molecule has 1 unspecified atom stereocenters. The molecule has 2 N–H and O–H groups in total. The van der Waals surface area contributed by atoms with Gasteiger partial charge in [-0.1, -0.05) is 6.07 Å². The van der Waals surface area contributed by atoms with Gasteiger partial charge in [-0.25, -0.2) is 0 Å². The summed E-state index contributed by atoms with van der Waals surface area (Å²) in [4.78, 5) is 12.9. The molecule has 1 aromatic heterocycles. The molecule has 18 heavy (non-hydrogen) atoms. The summed E-state index contributed by atoms with van der Waals surface area (Å²) < 4.78 is 0. The first-order valence-electron chi connectivity index (χ1n) is 6.34. The lowest BCUT2D eigenvalue weighted by Crippen LogP contribution is -2.26. The minimum Gasteiger partial charge on any atom is -0.356 e. The van der Waals surface area contributed by atoms with E-state index in [-0.39, 0.29) is 18.3 Å². The van der Waals surface area contributed by atoms with Gasteiger partial charge in [-0.05, 0) is 49.7 Å². The van der Waals surface area contributed by atoms with E-state index in [2.05, 4.69) is 28.1 Å². The molecule has 1 amide bonds. The standard InChI is InChI=1S/C13H20N2OS.ClH/c16-13(4-3-11-5-7-14-10-11)15-8-6-12-2-1-9-17-12;/h1-2,9,11,14H,3-8,10H2,(H,15,16);1H. The normalized spacial score (nSPS) is 18.3. The van der Waals surface area contributed by atoms with E-state index in [9.17, 15) is 4.79 Å². The van der Waals surface area contributed by atoms with Crippen LogP contribution in [0.5, 0.6) is 0 Å². The van der Waals surface area contributed by atoms with Crippen LogP contribution in [0.3, 0.4) is 0 Å². The van der Waals surface area contributed by atoms with Crippen LogP contribution in [0.1, 0.15) is 24.1 Å². The van der Waals surface area contributed by atoms with Gasteiger partial charge in [0.05, 0.1) is 0 Å². The van der Waals surface area contributed by atoms with Crippen molar-refractivity contribution in [2.75, 3.05) is 19.6 Å². The second-order valence-corrected chi connectivity index (χ2v) is 5.61. The van der Waals surface area contributed by atoms with Gasteiger partial charge in [-0.15, -0.1) is 23.7 Å². The minimum atomic E-state index is 0. The Balaban J connectivity index is 0.00000162. The molecule has 0 aromatic carbocycles. The molecular formula is C13H21ClN2OS. The van der Waals surface area contributed by atoms with Gasteiger partial charge < -0.3 is 10.6 Å². The Labute approximate surface area is 119 Å². The van der Waals surface area contributed by atoms with Gasteiger partial charge in [0.1, 0.15) is 0 Å². The number of rotatable bonds is 6. The van der Waals surface area contributed by atoms with Crippen LogP contribution >= 0.6 is 23.7 Å². The second-order valence-electron chi connectivity index (χ2n) is 4.58. The fraction of sp³-hybridized carbons (Fsp3) is 0.615. The first kappa shape index (κ1) is 15.5. The number of nitrogens with one attached hydrogen (secondary N) is 2. The lowest BCUT2D eigenvalue weighted by molar-refractivity contribution is -0.121. The summed E-state index contributed by atoms with van der Waals surface area (Å²) in [5.74, 6) is 0.909. The molecule has 1 aliphatic rings. The van der Waals surface area contributed by atoms with Crippen LogP contribution in [-0.4, -0.2) is 25.5 Å². The Morgan fingerprint density at radius 2 is 2.44 bits per heavy atom. The van der Waals surface area contributed by atoms with E-state index >= 15 is 0 Å². The van der Waals surface area contributed by atoms with E-state index < -0.39 is 0 Å². The third-order valence-corrected chi connectivity index (χ3v) is 4.15. The van der Waals surface area contributed by atoms with Crippen molar-refractivity contribution in [1.29, 1.82) is 0 Å². The first-order valence-corrected chi connectivity index (χ1v) is 7.22. The molecule has 0 aliphatic carbocycles. The maximum absolute atomic E-state index is 11.6. The van der Waals surface area contributed by atoms with Gasteiger partial charge in [0.15, 0.2) is 0 Å². The van der Waals surface area contributed by atoms with Crippen molar-refractivity contribution in [2.45, 2.75) is 25.7 Å². The summed E-state index contributed by atoms with van der Waals surface area (Å²) >= 11 is 1.75. The first-order chi connectivity index (χ1) is 8.34. The van der Waals surface area contributed by atoms with Crippen molar-refractivity contribution in [3.63, 3.8) is 0 Å². The Morgan fingerprint density at radius 1 is 1.56 bits per heavy atom. The van der Waals surface area contributed by atoms with Gasteiger partial charge in [0.25, 0.3) is 0 Å². The highest BCUT2D eigenvalue weighted by Crippen LogP contribution is 2.14. The van der Waals surface area contributed by atoms with Crippen LogP contribution in [0, 0.1) is 5.92 Å². The lowest BCUT2D eigenvalue weighted by atomic mass is 10.0. The van der Waals surface area contributed by atoms with Crippen LogP contribution in [0.15, 0.2) is 17.5 Å². The molecule has 1 aromatic rings. The van der Waals surface area contributed by atoms with E-state index in [4.69, 9.17) is 0 Å². The number of amides is 1. The number of carbonyl (C=O) groups excluding carboxylic acids is 1. The summed E-state index contributed by atoms with van der Waals surface area (Å²) in [6.07, 6.45) is 3.88. The van der Waals surface area contributed by atoms with E-state index in [0.29, 0.717) is 12.3 Å². The number of thiophene rings is 1. The van der Waals surface area contributed by atoms with E-state index in [0.717, 1.165) is 32.5 Å². The number of hydrogen-bond acceptors (Lipinski definition) is 3. The molecule has 0 saturated carbocycles. The summed E-state index contributed by atoms with van der Waals surface area (Å²) in [5.41, 5.74) is 0. The Kier molecular flexibility index (Phi) is 7.32. The van der Waals surface area contributed by atoms with Crippen molar-refractivity contribution in [3.8, 4) is 0 Å². The zero-order valence-electron chi connectivity index (χ0n) is 10.5. The third kappa shape index (κ3) is 5.38. The highest BCUT2D eigenvalue weighted by Gasteiger charge is 2.15. The highest BCUT2D eigenvalue weighted by atomic mass is 35.5. The molecule has 3 nitrogen and oxygen atoms in total. The van der Waals surface area contributed by atoms with Gasteiger partial charge in [0, 0.05) is 17.8 Å². The lowest BCUT2D eigenvalue weighted by Gasteiger charge is -2.08. The minimum absolute atomic E-state index is 0. The Bertz CT molecular complexity index is 337. The van der Waals surface area contributed by atoms with Gasteiger partial charge >= 0.3 is 0 Å². The number of halogens is 1. The van der Waals surface area contributed by atoms with E-state index in [1.54, 1.807) is 11.3 Å². The van der Waals surface area contributed by atoms with Crippen molar-refractivity contribution >= 4 is 29.7 Å². The number of carbonyl (C=O) groups is 1. The Morgan fingerprint density at radius 3 is 3.11 bits per heavy atom. The molecule has 1 fully saturated rings. The second kappa shape index (κ2) is 8.51. The molecule has 1 atom stereocenters. The molecule has 2 heterocycles. The average Bonchev–Trinajstić information content (AvgIpc) is 2.99. The quantitative estimate of drug-likeness (QED) is 0.843. The maximum Gasteiger partial charge on any atom is 0.220 e. The predicted octanol–water partition coefficient (Wildman–Crippen LogP) is 2.22. The Hall–Kier alpha value is -0.580. The summed E-state index contributed by atoms with van der Waals surface area (Å²) in [6, 6.07) is 4.16. The zero-order valence-corrected chi connectivity index (χ0v) is 12.1. The van der Waals surface area contributed by atoms with Crippen molar-refractivity contribution in [3.05, 3.63) is 22.4 Å². The smallest absolute Gasteiger partial charge is 0.220 e. The molecule has 1 saturated heterocycles. The summed E-state index contributed by atoms with van der Waals surface area (Å²) in [5, 5.41) is 8.39. The molecule has 0 bridgehead atoms. The molecule has 2 rings (SSSR count). The van der Waals surface area contributed by atoms with E-state index in [1.165, 1.54) is 11.3 Å². The maximum atomic E-state index is 11.6. The van der Waals surface area contributed by atoms with Gasteiger partial charge in [0.2, 0.25) is 5.91 Å². The SMILES string of the molecule is Cl.O=C(CCC1CCNC1)NCCc1cccs1. The zero-order chi connectivity index (χ0) is 11.9. The third-order valence-electron chi connectivity index (χ3n) is 3.22. The van der Waals surface area contributed by atoms with Crippen LogP contribution in [0.25, 0.3) is 0 Å². The molecule has 102 valence electrons. The van der Waals surface area contributed by atoms with E-state index in [1.807, 2.05) is 0 Å². The number of hydrogen-bond donors (Lipinski definition) is 2. The summed E-state index contributed by atoms with van der Waals surface area (Å²) in [6.45, 7) is 2.97. The molecule has 0 spiro atoms. The largest absolute Gasteiger partial charge is 0.356 e.